The molecule has 0 amide bonds. The predicted octanol–water partition coefficient (Wildman–Crippen LogP) is 2.32. The van der Waals surface area contributed by atoms with Gasteiger partial charge in [-0.25, -0.2) is 12.7 Å². The molecule has 0 saturated carbocycles. The SMILES string of the molecule is CN(CC(C)(C)C)S(=O)(=O)c1ccc(C#CCN)cc1Cl. The molecule has 0 spiro atoms. The molecule has 116 valence electrons. The van der Waals surface area contributed by atoms with Gasteiger partial charge in [0.25, 0.3) is 0 Å². The molecule has 0 bridgehead atoms. The van der Waals surface area contributed by atoms with Gasteiger partial charge in [0.1, 0.15) is 4.90 Å². The smallest absolute Gasteiger partial charge is 0.244 e. The zero-order valence-corrected chi connectivity index (χ0v) is 14.3. The van der Waals surface area contributed by atoms with Crippen LogP contribution in [0.15, 0.2) is 23.1 Å². The zero-order chi connectivity index (χ0) is 16.3. The van der Waals surface area contributed by atoms with Gasteiger partial charge in [0.05, 0.1) is 11.6 Å². The minimum absolute atomic E-state index is 0.0919. The molecule has 0 saturated heterocycles. The van der Waals surface area contributed by atoms with E-state index in [1.807, 2.05) is 20.8 Å². The Morgan fingerprint density at radius 1 is 1.33 bits per heavy atom. The maximum absolute atomic E-state index is 12.5. The van der Waals surface area contributed by atoms with Gasteiger partial charge in [-0.3, -0.25) is 0 Å². The van der Waals surface area contributed by atoms with E-state index in [0.717, 1.165) is 0 Å². The van der Waals surface area contributed by atoms with Crippen LogP contribution < -0.4 is 5.73 Å². The van der Waals surface area contributed by atoms with Crippen LogP contribution in [0.3, 0.4) is 0 Å². The van der Waals surface area contributed by atoms with Crippen molar-refractivity contribution in [1.82, 2.24) is 4.31 Å². The number of nitrogens with two attached hydrogens (primary N) is 1. The molecule has 2 N–H and O–H groups in total. The van der Waals surface area contributed by atoms with E-state index < -0.39 is 10.0 Å². The topological polar surface area (TPSA) is 63.4 Å². The molecule has 0 heterocycles. The third-order valence-electron chi connectivity index (χ3n) is 2.65. The van der Waals surface area contributed by atoms with E-state index >= 15 is 0 Å². The highest BCUT2D eigenvalue weighted by Crippen LogP contribution is 2.27. The van der Waals surface area contributed by atoms with Gasteiger partial charge in [-0.05, 0) is 23.6 Å². The van der Waals surface area contributed by atoms with E-state index in [9.17, 15) is 8.42 Å². The first kappa shape index (κ1) is 18.0. The monoisotopic (exact) mass is 328 g/mol. The first-order valence-electron chi connectivity index (χ1n) is 6.53. The maximum Gasteiger partial charge on any atom is 0.244 e. The molecule has 0 aromatic heterocycles. The molecule has 1 rings (SSSR count). The first-order valence-corrected chi connectivity index (χ1v) is 8.34. The van der Waals surface area contributed by atoms with E-state index in [1.54, 1.807) is 19.2 Å². The number of halogens is 1. The average Bonchev–Trinajstić information content (AvgIpc) is 2.34. The predicted molar refractivity (Wildman–Crippen MR) is 86.7 cm³/mol. The highest BCUT2D eigenvalue weighted by molar-refractivity contribution is 7.89. The fourth-order valence-electron chi connectivity index (χ4n) is 1.86. The van der Waals surface area contributed by atoms with Crippen molar-refractivity contribution < 1.29 is 8.42 Å². The summed E-state index contributed by atoms with van der Waals surface area (Å²) in [5.41, 5.74) is 5.81. The first-order chi connectivity index (χ1) is 9.58. The molecule has 1 aromatic rings. The number of sulfonamides is 1. The molecule has 0 aliphatic rings. The number of hydrogen-bond donors (Lipinski definition) is 1. The summed E-state index contributed by atoms with van der Waals surface area (Å²) in [4.78, 5) is 0.0919. The lowest BCUT2D eigenvalue weighted by molar-refractivity contribution is 0.311. The summed E-state index contributed by atoms with van der Waals surface area (Å²) in [6.45, 7) is 6.58. The second kappa shape index (κ2) is 6.80. The molecule has 0 radical (unpaired) electrons. The Morgan fingerprint density at radius 2 is 1.95 bits per heavy atom. The fourth-order valence-corrected chi connectivity index (χ4v) is 3.77. The summed E-state index contributed by atoms with van der Waals surface area (Å²) in [5.74, 6) is 5.53. The lowest BCUT2D eigenvalue weighted by Gasteiger charge is -2.26. The summed E-state index contributed by atoms with van der Waals surface area (Å²) in [6, 6.07) is 4.66. The Labute approximate surface area is 132 Å². The number of nitrogens with zero attached hydrogens (tertiary/aromatic N) is 1. The molecule has 0 fully saturated rings. The quantitative estimate of drug-likeness (QED) is 0.866. The number of rotatable bonds is 3. The summed E-state index contributed by atoms with van der Waals surface area (Å²) in [5, 5.41) is 0.166. The molecular formula is C15H21ClN2O2S. The Hall–Kier alpha value is -1.06. The van der Waals surface area contributed by atoms with Gasteiger partial charge in [-0.1, -0.05) is 44.2 Å². The Bertz CT molecular complexity index is 667. The fraction of sp³-hybridized carbons (Fsp3) is 0.467. The van der Waals surface area contributed by atoms with Crippen LogP contribution in [0.2, 0.25) is 5.02 Å². The maximum atomic E-state index is 12.5. The third-order valence-corrected chi connectivity index (χ3v) is 4.94. The van der Waals surface area contributed by atoms with Crippen LogP contribution in [-0.2, 0) is 10.0 Å². The van der Waals surface area contributed by atoms with Gasteiger partial charge in [-0.2, -0.15) is 0 Å². The van der Waals surface area contributed by atoms with E-state index in [0.29, 0.717) is 12.1 Å². The van der Waals surface area contributed by atoms with Crippen LogP contribution in [0.5, 0.6) is 0 Å². The van der Waals surface area contributed by atoms with E-state index in [1.165, 1.54) is 10.4 Å². The minimum Gasteiger partial charge on any atom is -0.320 e. The second-order valence-corrected chi connectivity index (χ2v) is 8.39. The van der Waals surface area contributed by atoms with Crippen molar-refractivity contribution in [3.05, 3.63) is 28.8 Å². The number of hydrogen-bond acceptors (Lipinski definition) is 3. The van der Waals surface area contributed by atoms with Crippen LogP contribution >= 0.6 is 11.6 Å². The summed E-state index contributed by atoms with van der Waals surface area (Å²) >= 11 is 6.10. The standard InChI is InChI=1S/C15H21ClN2O2S/c1-15(2,3)11-18(4)21(19,20)14-8-7-12(6-5-9-17)10-13(14)16/h7-8,10H,9,11,17H2,1-4H3. The van der Waals surface area contributed by atoms with Crippen molar-refractivity contribution >= 4 is 21.6 Å². The lowest BCUT2D eigenvalue weighted by Crippen LogP contribution is -2.34. The van der Waals surface area contributed by atoms with Gasteiger partial charge in [0.15, 0.2) is 0 Å². The van der Waals surface area contributed by atoms with Gasteiger partial charge in [-0.15, -0.1) is 0 Å². The van der Waals surface area contributed by atoms with Crippen molar-refractivity contribution in [3.8, 4) is 11.8 Å². The zero-order valence-electron chi connectivity index (χ0n) is 12.8. The van der Waals surface area contributed by atoms with Gasteiger partial charge >= 0.3 is 0 Å². The molecule has 6 heteroatoms. The van der Waals surface area contributed by atoms with Crippen LogP contribution in [0, 0.1) is 17.3 Å². The second-order valence-electron chi connectivity index (χ2n) is 5.97. The Morgan fingerprint density at radius 3 is 2.43 bits per heavy atom. The molecule has 0 aliphatic carbocycles. The third kappa shape index (κ3) is 5.01. The minimum atomic E-state index is -3.61. The van der Waals surface area contributed by atoms with Crippen LogP contribution in [0.25, 0.3) is 0 Å². The van der Waals surface area contributed by atoms with Crippen molar-refractivity contribution in [2.24, 2.45) is 11.1 Å². The molecule has 0 aliphatic heterocycles. The van der Waals surface area contributed by atoms with Crippen molar-refractivity contribution in [1.29, 1.82) is 0 Å². The molecule has 0 unspecified atom stereocenters. The normalized spacial score (nSPS) is 12.1. The molecule has 4 nitrogen and oxygen atoms in total. The van der Waals surface area contributed by atoms with Crippen molar-refractivity contribution in [2.45, 2.75) is 25.7 Å². The highest BCUT2D eigenvalue weighted by atomic mass is 35.5. The summed E-state index contributed by atoms with van der Waals surface area (Å²) in [6.07, 6.45) is 0. The van der Waals surface area contributed by atoms with Crippen LogP contribution in [0.4, 0.5) is 0 Å². The highest BCUT2D eigenvalue weighted by Gasteiger charge is 2.27. The van der Waals surface area contributed by atoms with Crippen LogP contribution in [0.1, 0.15) is 26.3 Å². The Kier molecular flexibility index (Phi) is 5.83. The van der Waals surface area contributed by atoms with E-state index in [2.05, 4.69) is 11.8 Å². The van der Waals surface area contributed by atoms with E-state index in [-0.39, 0.29) is 21.9 Å². The Balaban J connectivity index is 3.15. The van der Waals surface area contributed by atoms with Crippen molar-refractivity contribution in [2.75, 3.05) is 20.1 Å². The summed E-state index contributed by atoms with van der Waals surface area (Å²) < 4.78 is 26.4. The van der Waals surface area contributed by atoms with Crippen molar-refractivity contribution in [3.63, 3.8) is 0 Å². The van der Waals surface area contributed by atoms with Gasteiger partial charge < -0.3 is 5.73 Å². The number of benzene rings is 1. The average molecular weight is 329 g/mol. The molecule has 0 atom stereocenters. The van der Waals surface area contributed by atoms with Gasteiger partial charge in [0, 0.05) is 19.2 Å². The molecule has 1 aromatic carbocycles. The van der Waals surface area contributed by atoms with Gasteiger partial charge in [0.2, 0.25) is 10.0 Å². The summed E-state index contributed by atoms with van der Waals surface area (Å²) in [7, 11) is -2.06. The molecular weight excluding hydrogens is 308 g/mol. The lowest BCUT2D eigenvalue weighted by atomic mass is 9.97. The van der Waals surface area contributed by atoms with E-state index in [4.69, 9.17) is 17.3 Å². The largest absolute Gasteiger partial charge is 0.320 e. The molecule has 21 heavy (non-hydrogen) atoms. The van der Waals surface area contributed by atoms with Crippen LogP contribution in [-0.4, -0.2) is 32.9 Å².